The molecule has 1 aromatic rings. The molecule has 0 bridgehead atoms. The van der Waals surface area contributed by atoms with Crippen LogP contribution in [0.5, 0.6) is 0 Å². The Kier molecular flexibility index (Phi) is 5.73. The number of amides is 1. The third kappa shape index (κ3) is 4.27. The summed E-state index contributed by atoms with van der Waals surface area (Å²) in [6.07, 6.45) is 8.35. The summed E-state index contributed by atoms with van der Waals surface area (Å²) < 4.78 is 7.70. The zero-order valence-electron chi connectivity index (χ0n) is 13.2. The molecule has 0 aliphatic heterocycles. The Morgan fingerprint density at radius 1 is 1.43 bits per heavy atom. The Morgan fingerprint density at radius 3 is 2.71 bits per heavy atom. The number of carbonyl (C=O) groups excluding carboxylic acids is 1. The summed E-state index contributed by atoms with van der Waals surface area (Å²) in [6.45, 7) is 5.98. The van der Waals surface area contributed by atoms with E-state index >= 15 is 0 Å². The van der Waals surface area contributed by atoms with Crippen LogP contribution < -0.4 is 5.32 Å². The highest BCUT2D eigenvalue weighted by Gasteiger charge is 2.26. The SMILES string of the molecule is CCC(OC1CCCC1)C(=O)NC(C)C(C)n1cncn1. The minimum absolute atomic E-state index is 0.0242. The molecule has 0 saturated heterocycles. The largest absolute Gasteiger partial charge is 0.365 e. The van der Waals surface area contributed by atoms with Gasteiger partial charge in [0, 0.05) is 6.04 Å². The maximum absolute atomic E-state index is 12.4. The van der Waals surface area contributed by atoms with Gasteiger partial charge >= 0.3 is 0 Å². The van der Waals surface area contributed by atoms with E-state index in [4.69, 9.17) is 4.74 Å². The van der Waals surface area contributed by atoms with E-state index in [1.165, 1.54) is 19.2 Å². The van der Waals surface area contributed by atoms with E-state index < -0.39 is 0 Å². The van der Waals surface area contributed by atoms with Crippen LogP contribution in [-0.2, 0) is 9.53 Å². The van der Waals surface area contributed by atoms with Crippen molar-refractivity contribution in [3.63, 3.8) is 0 Å². The van der Waals surface area contributed by atoms with Gasteiger partial charge in [0.2, 0.25) is 5.91 Å². The second kappa shape index (κ2) is 7.54. The highest BCUT2D eigenvalue weighted by molar-refractivity contribution is 5.81. The molecule has 2 rings (SSSR count). The molecule has 118 valence electrons. The number of rotatable bonds is 7. The molecule has 1 saturated carbocycles. The maximum atomic E-state index is 12.4. The van der Waals surface area contributed by atoms with Gasteiger partial charge in [-0.2, -0.15) is 5.10 Å². The van der Waals surface area contributed by atoms with Crippen LogP contribution in [-0.4, -0.2) is 38.9 Å². The number of hydrogen-bond acceptors (Lipinski definition) is 4. The summed E-state index contributed by atoms with van der Waals surface area (Å²) in [7, 11) is 0. The zero-order chi connectivity index (χ0) is 15.2. The molecule has 6 nitrogen and oxygen atoms in total. The predicted octanol–water partition coefficient (Wildman–Crippen LogP) is 2.08. The Morgan fingerprint density at radius 2 is 2.14 bits per heavy atom. The minimum atomic E-state index is -0.349. The molecule has 0 radical (unpaired) electrons. The smallest absolute Gasteiger partial charge is 0.249 e. The normalized spacial score (nSPS) is 20.1. The van der Waals surface area contributed by atoms with Crippen LogP contribution >= 0.6 is 0 Å². The fourth-order valence-corrected chi connectivity index (χ4v) is 2.69. The average Bonchev–Trinajstić information content (AvgIpc) is 3.16. The Bertz CT molecular complexity index is 429. The van der Waals surface area contributed by atoms with Crippen molar-refractivity contribution in [1.29, 1.82) is 0 Å². The van der Waals surface area contributed by atoms with Crippen molar-refractivity contribution < 1.29 is 9.53 Å². The second-order valence-corrected chi connectivity index (χ2v) is 5.85. The van der Waals surface area contributed by atoms with Gasteiger partial charge in [-0.05, 0) is 33.1 Å². The van der Waals surface area contributed by atoms with E-state index in [0.29, 0.717) is 6.42 Å². The molecule has 21 heavy (non-hydrogen) atoms. The molecule has 6 heteroatoms. The first-order valence-electron chi connectivity index (χ1n) is 7.91. The van der Waals surface area contributed by atoms with Crippen molar-refractivity contribution >= 4 is 5.91 Å². The van der Waals surface area contributed by atoms with Crippen molar-refractivity contribution in [2.24, 2.45) is 0 Å². The first kappa shape index (κ1) is 15.9. The number of carbonyl (C=O) groups is 1. The highest BCUT2D eigenvalue weighted by atomic mass is 16.5. The summed E-state index contributed by atoms with van der Waals surface area (Å²) >= 11 is 0. The molecule has 3 atom stereocenters. The van der Waals surface area contributed by atoms with Gasteiger partial charge in [0.25, 0.3) is 0 Å². The lowest BCUT2D eigenvalue weighted by molar-refractivity contribution is -0.137. The molecule has 1 aliphatic carbocycles. The molecule has 1 amide bonds. The summed E-state index contributed by atoms with van der Waals surface area (Å²) in [5.74, 6) is -0.0242. The van der Waals surface area contributed by atoms with Gasteiger partial charge in [-0.25, -0.2) is 9.67 Å². The average molecular weight is 294 g/mol. The second-order valence-electron chi connectivity index (χ2n) is 5.85. The van der Waals surface area contributed by atoms with Gasteiger partial charge in [-0.1, -0.05) is 19.8 Å². The topological polar surface area (TPSA) is 69.0 Å². The van der Waals surface area contributed by atoms with E-state index in [-0.39, 0.29) is 30.2 Å². The summed E-state index contributed by atoms with van der Waals surface area (Å²) in [6, 6.07) is 0.0286. The molecule has 1 N–H and O–H groups in total. The van der Waals surface area contributed by atoms with Crippen LogP contribution in [0.4, 0.5) is 0 Å². The van der Waals surface area contributed by atoms with Gasteiger partial charge in [-0.15, -0.1) is 0 Å². The summed E-state index contributed by atoms with van der Waals surface area (Å²) in [5, 5.41) is 7.16. The van der Waals surface area contributed by atoms with E-state index in [9.17, 15) is 4.79 Å². The van der Waals surface area contributed by atoms with Gasteiger partial charge < -0.3 is 10.1 Å². The molecule has 1 aliphatic rings. The number of ether oxygens (including phenoxy) is 1. The van der Waals surface area contributed by atoms with Crippen LogP contribution in [0.1, 0.15) is 58.9 Å². The van der Waals surface area contributed by atoms with Crippen LogP contribution in [0.25, 0.3) is 0 Å². The van der Waals surface area contributed by atoms with Gasteiger partial charge in [-0.3, -0.25) is 4.79 Å². The Balaban J connectivity index is 1.85. The summed E-state index contributed by atoms with van der Waals surface area (Å²) in [4.78, 5) is 16.3. The molecule has 0 spiro atoms. The van der Waals surface area contributed by atoms with Gasteiger partial charge in [0.1, 0.15) is 18.8 Å². The fraction of sp³-hybridized carbons (Fsp3) is 0.800. The van der Waals surface area contributed by atoms with Gasteiger partial charge in [0.15, 0.2) is 0 Å². The monoisotopic (exact) mass is 294 g/mol. The van der Waals surface area contributed by atoms with Gasteiger partial charge in [0.05, 0.1) is 12.1 Å². The number of nitrogens with zero attached hydrogens (tertiary/aromatic N) is 3. The molecular weight excluding hydrogens is 268 g/mol. The maximum Gasteiger partial charge on any atom is 0.249 e. The third-order valence-corrected chi connectivity index (χ3v) is 4.27. The van der Waals surface area contributed by atoms with E-state index in [0.717, 1.165) is 12.8 Å². The molecule has 1 aromatic heterocycles. The van der Waals surface area contributed by atoms with Crippen molar-refractivity contribution in [3.8, 4) is 0 Å². The number of nitrogens with one attached hydrogen (secondary N) is 1. The zero-order valence-corrected chi connectivity index (χ0v) is 13.2. The summed E-state index contributed by atoms with van der Waals surface area (Å²) in [5.41, 5.74) is 0. The minimum Gasteiger partial charge on any atom is -0.365 e. The van der Waals surface area contributed by atoms with E-state index in [1.54, 1.807) is 11.0 Å². The predicted molar refractivity (Wildman–Crippen MR) is 79.8 cm³/mol. The highest BCUT2D eigenvalue weighted by Crippen LogP contribution is 2.23. The first-order chi connectivity index (χ1) is 10.1. The number of hydrogen-bond donors (Lipinski definition) is 1. The lowest BCUT2D eigenvalue weighted by Gasteiger charge is -2.25. The first-order valence-corrected chi connectivity index (χ1v) is 7.91. The molecule has 1 heterocycles. The Hall–Kier alpha value is -1.43. The molecule has 1 fully saturated rings. The lowest BCUT2D eigenvalue weighted by Crippen LogP contribution is -2.45. The lowest BCUT2D eigenvalue weighted by atomic mass is 10.1. The fourth-order valence-electron chi connectivity index (χ4n) is 2.69. The van der Waals surface area contributed by atoms with Crippen molar-refractivity contribution in [1.82, 2.24) is 20.1 Å². The molecular formula is C15H26N4O2. The van der Waals surface area contributed by atoms with Crippen LogP contribution in [0.2, 0.25) is 0 Å². The Labute approximate surface area is 126 Å². The van der Waals surface area contributed by atoms with Crippen molar-refractivity contribution in [2.45, 2.75) is 77.2 Å². The van der Waals surface area contributed by atoms with E-state index in [2.05, 4.69) is 15.4 Å². The molecule has 0 aromatic carbocycles. The molecule has 3 unspecified atom stereocenters. The van der Waals surface area contributed by atoms with Crippen molar-refractivity contribution in [2.75, 3.05) is 0 Å². The standard InChI is InChI=1S/C15H26N4O2/c1-4-14(21-13-7-5-6-8-13)15(20)18-11(2)12(3)19-10-16-9-17-19/h9-14H,4-8H2,1-3H3,(H,18,20). The van der Waals surface area contributed by atoms with Crippen LogP contribution in [0, 0.1) is 0 Å². The van der Waals surface area contributed by atoms with Crippen LogP contribution in [0.15, 0.2) is 12.7 Å². The van der Waals surface area contributed by atoms with Crippen molar-refractivity contribution in [3.05, 3.63) is 12.7 Å². The quantitative estimate of drug-likeness (QED) is 0.836. The van der Waals surface area contributed by atoms with E-state index in [1.807, 2.05) is 20.8 Å². The third-order valence-electron chi connectivity index (χ3n) is 4.27. The number of aromatic nitrogens is 3. The van der Waals surface area contributed by atoms with Crippen LogP contribution in [0.3, 0.4) is 0 Å².